The van der Waals surface area contributed by atoms with E-state index in [0.29, 0.717) is 24.4 Å². The lowest BCUT2D eigenvalue weighted by Crippen LogP contribution is -2.28. The van der Waals surface area contributed by atoms with Crippen molar-refractivity contribution in [2.45, 2.75) is 31.1 Å². The fraction of sp³-hybridized carbons (Fsp3) is 0.562. The van der Waals surface area contributed by atoms with Crippen LogP contribution in [0.15, 0.2) is 24.3 Å². The Balaban J connectivity index is 1.56. The Bertz CT molecular complexity index is 485. The number of fused-ring (bicyclic) bond motifs is 2. The van der Waals surface area contributed by atoms with Crippen LogP contribution in [0.4, 0.5) is 0 Å². The summed E-state index contributed by atoms with van der Waals surface area (Å²) in [6, 6.07) is 8.78. The van der Waals surface area contributed by atoms with E-state index in [1.165, 1.54) is 30.4 Å². The predicted octanol–water partition coefficient (Wildman–Crippen LogP) is 2.04. The first-order chi connectivity index (χ1) is 9.26. The molecule has 1 amide bonds. The van der Waals surface area contributed by atoms with Crippen molar-refractivity contribution >= 4 is 5.91 Å². The molecule has 2 aliphatic carbocycles. The number of rotatable bonds is 5. The standard InChI is InChI=1S/C16H21NO2/c1-19-9-7-15(18)17-11-13-10-16(13)8-6-12-4-2-3-5-14(12)16/h2-5,13H,6-11H2,1H3,(H,17,18)/t13-,16+/m0/s1. The van der Waals surface area contributed by atoms with Gasteiger partial charge in [0, 0.05) is 25.5 Å². The van der Waals surface area contributed by atoms with Crippen LogP contribution in [-0.2, 0) is 21.4 Å². The summed E-state index contributed by atoms with van der Waals surface area (Å²) in [6.45, 7) is 1.32. The van der Waals surface area contributed by atoms with Gasteiger partial charge in [-0.25, -0.2) is 0 Å². The van der Waals surface area contributed by atoms with Crippen molar-refractivity contribution in [2.75, 3.05) is 20.3 Å². The topological polar surface area (TPSA) is 38.3 Å². The lowest BCUT2D eigenvalue weighted by Gasteiger charge is -2.12. The molecule has 3 rings (SSSR count). The number of ether oxygens (including phenoxy) is 1. The van der Waals surface area contributed by atoms with E-state index in [1.54, 1.807) is 7.11 Å². The lowest BCUT2D eigenvalue weighted by molar-refractivity contribution is -0.122. The van der Waals surface area contributed by atoms with Crippen LogP contribution in [-0.4, -0.2) is 26.2 Å². The second-order valence-electron chi connectivity index (χ2n) is 5.76. The number of hydrogen-bond donors (Lipinski definition) is 1. The van der Waals surface area contributed by atoms with Gasteiger partial charge in [0.15, 0.2) is 0 Å². The molecule has 102 valence electrons. The van der Waals surface area contributed by atoms with Crippen molar-refractivity contribution < 1.29 is 9.53 Å². The molecule has 1 N–H and O–H groups in total. The van der Waals surface area contributed by atoms with E-state index in [1.807, 2.05) is 0 Å². The number of aryl methyl sites for hydroxylation is 1. The molecular weight excluding hydrogens is 238 g/mol. The van der Waals surface area contributed by atoms with Crippen LogP contribution in [0.25, 0.3) is 0 Å². The third kappa shape index (κ3) is 2.27. The van der Waals surface area contributed by atoms with E-state index in [2.05, 4.69) is 29.6 Å². The zero-order valence-corrected chi connectivity index (χ0v) is 11.4. The van der Waals surface area contributed by atoms with Gasteiger partial charge in [-0.15, -0.1) is 0 Å². The highest BCUT2D eigenvalue weighted by atomic mass is 16.5. The summed E-state index contributed by atoms with van der Waals surface area (Å²) < 4.78 is 4.91. The molecule has 2 atom stereocenters. The van der Waals surface area contributed by atoms with Gasteiger partial charge in [0.1, 0.15) is 0 Å². The molecule has 1 spiro atoms. The van der Waals surface area contributed by atoms with Crippen LogP contribution in [0.1, 0.15) is 30.4 Å². The SMILES string of the molecule is COCCC(=O)NC[C@@H]1C[C@]12CCc1ccccc12. The first-order valence-corrected chi connectivity index (χ1v) is 7.10. The molecule has 0 heterocycles. The van der Waals surface area contributed by atoms with Crippen molar-refractivity contribution in [2.24, 2.45) is 5.92 Å². The van der Waals surface area contributed by atoms with E-state index in [-0.39, 0.29) is 5.91 Å². The Morgan fingerprint density at radius 1 is 1.47 bits per heavy atom. The summed E-state index contributed by atoms with van der Waals surface area (Å²) in [5.41, 5.74) is 3.42. The highest BCUT2D eigenvalue weighted by Gasteiger charge is 2.57. The molecule has 2 aliphatic rings. The van der Waals surface area contributed by atoms with E-state index < -0.39 is 0 Å². The maximum atomic E-state index is 11.6. The summed E-state index contributed by atoms with van der Waals surface area (Å²) in [5, 5.41) is 3.04. The van der Waals surface area contributed by atoms with Gasteiger partial charge in [-0.2, -0.15) is 0 Å². The Morgan fingerprint density at radius 2 is 2.32 bits per heavy atom. The van der Waals surface area contributed by atoms with Crippen molar-refractivity contribution in [3.63, 3.8) is 0 Å². The van der Waals surface area contributed by atoms with Crippen LogP contribution in [0.3, 0.4) is 0 Å². The fourth-order valence-corrected chi connectivity index (χ4v) is 3.52. The molecule has 0 bridgehead atoms. The molecule has 1 aromatic rings. The van der Waals surface area contributed by atoms with Crippen LogP contribution in [0.5, 0.6) is 0 Å². The molecule has 3 heteroatoms. The average Bonchev–Trinajstić information content (AvgIpc) is 3.02. The Kier molecular flexibility index (Phi) is 3.31. The largest absolute Gasteiger partial charge is 0.384 e. The number of nitrogens with one attached hydrogen (secondary N) is 1. The molecule has 0 saturated heterocycles. The summed E-state index contributed by atoms with van der Waals surface area (Å²) in [5.74, 6) is 0.734. The average molecular weight is 259 g/mol. The lowest BCUT2D eigenvalue weighted by atomic mass is 9.95. The predicted molar refractivity (Wildman–Crippen MR) is 74.1 cm³/mol. The van der Waals surface area contributed by atoms with Crippen LogP contribution < -0.4 is 5.32 Å². The number of carbonyl (C=O) groups excluding carboxylic acids is 1. The second-order valence-corrected chi connectivity index (χ2v) is 5.76. The second kappa shape index (κ2) is 4.97. The number of carbonyl (C=O) groups is 1. The first kappa shape index (κ1) is 12.7. The van der Waals surface area contributed by atoms with Crippen LogP contribution in [0.2, 0.25) is 0 Å². The van der Waals surface area contributed by atoms with Gasteiger partial charge in [0.2, 0.25) is 5.91 Å². The van der Waals surface area contributed by atoms with Crippen molar-refractivity contribution in [1.82, 2.24) is 5.32 Å². The Hall–Kier alpha value is -1.35. The van der Waals surface area contributed by atoms with Crippen molar-refractivity contribution in [3.8, 4) is 0 Å². The number of methoxy groups -OCH3 is 1. The molecule has 1 aromatic carbocycles. The molecule has 0 aromatic heterocycles. The molecule has 19 heavy (non-hydrogen) atoms. The van der Waals surface area contributed by atoms with Crippen molar-refractivity contribution in [3.05, 3.63) is 35.4 Å². The Morgan fingerprint density at radius 3 is 3.16 bits per heavy atom. The van der Waals surface area contributed by atoms with Gasteiger partial charge in [-0.05, 0) is 36.3 Å². The van der Waals surface area contributed by atoms with Gasteiger partial charge >= 0.3 is 0 Å². The minimum atomic E-state index is 0.107. The van der Waals surface area contributed by atoms with Crippen LogP contribution >= 0.6 is 0 Å². The Labute approximate surface area is 114 Å². The fourth-order valence-electron chi connectivity index (χ4n) is 3.52. The summed E-state index contributed by atoms with van der Waals surface area (Å²) in [4.78, 5) is 11.6. The number of benzene rings is 1. The molecule has 1 saturated carbocycles. The van der Waals surface area contributed by atoms with Gasteiger partial charge in [-0.1, -0.05) is 24.3 Å². The van der Waals surface area contributed by atoms with E-state index in [9.17, 15) is 4.79 Å². The van der Waals surface area contributed by atoms with Gasteiger partial charge in [0.05, 0.1) is 6.61 Å². The minimum absolute atomic E-state index is 0.107. The summed E-state index contributed by atoms with van der Waals surface area (Å²) in [7, 11) is 1.62. The van der Waals surface area contributed by atoms with Gasteiger partial charge in [0.25, 0.3) is 0 Å². The van der Waals surface area contributed by atoms with Gasteiger partial charge in [-0.3, -0.25) is 4.79 Å². The maximum absolute atomic E-state index is 11.6. The third-order valence-electron chi connectivity index (χ3n) is 4.71. The maximum Gasteiger partial charge on any atom is 0.222 e. The molecule has 3 nitrogen and oxygen atoms in total. The normalized spacial score (nSPS) is 27.3. The third-order valence-corrected chi connectivity index (χ3v) is 4.71. The molecule has 0 aliphatic heterocycles. The molecular formula is C16H21NO2. The number of hydrogen-bond acceptors (Lipinski definition) is 2. The summed E-state index contributed by atoms with van der Waals surface area (Å²) in [6.07, 6.45) is 4.15. The van der Waals surface area contributed by atoms with E-state index >= 15 is 0 Å². The van der Waals surface area contributed by atoms with Crippen LogP contribution in [0, 0.1) is 5.92 Å². The molecule has 1 fully saturated rings. The van der Waals surface area contributed by atoms with E-state index in [4.69, 9.17) is 4.74 Å². The van der Waals surface area contributed by atoms with Gasteiger partial charge < -0.3 is 10.1 Å². The molecule has 0 radical (unpaired) electrons. The monoisotopic (exact) mass is 259 g/mol. The highest BCUT2D eigenvalue weighted by Crippen LogP contribution is 2.61. The quantitative estimate of drug-likeness (QED) is 0.879. The highest BCUT2D eigenvalue weighted by molar-refractivity contribution is 5.76. The number of amides is 1. The zero-order valence-electron chi connectivity index (χ0n) is 11.4. The van der Waals surface area contributed by atoms with E-state index in [0.717, 1.165) is 6.54 Å². The van der Waals surface area contributed by atoms with Crippen molar-refractivity contribution in [1.29, 1.82) is 0 Å². The first-order valence-electron chi connectivity index (χ1n) is 7.10. The zero-order chi connectivity index (χ0) is 13.3. The smallest absolute Gasteiger partial charge is 0.222 e. The molecule has 0 unspecified atom stereocenters. The minimum Gasteiger partial charge on any atom is -0.384 e. The summed E-state index contributed by atoms with van der Waals surface area (Å²) >= 11 is 0.